The van der Waals surface area contributed by atoms with Crippen LogP contribution in [-0.4, -0.2) is 34.0 Å². The number of aliphatic hydroxyl groups excluding tert-OH is 1. The summed E-state index contributed by atoms with van der Waals surface area (Å²) in [7, 11) is 0. The predicted molar refractivity (Wildman–Crippen MR) is 63.0 cm³/mol. The van der Waals surface area contributed by atoms with Crippen molar-refractivity contribution >= 4 is 11.8 Å². The van der Waals surface area contributed by atoms with Crippen LogP contribution in [0.2, 0.25) is 0 Å². The van der Waals surface area contributed by atoms with Gasteiger partial charge in [0.05, 0.1) is 17.9 Å². The lowest BCUT2D eigenvalue weighted by atomic mass is 10.00. The van der Waals surface area contributed by atoms with Gasteiger partial charge in [0.1, 0.15) is 0 Å². The number of nitrogens with zero attached hydrogens (tertiary/aromatic N) is 1. The van der Waals surface area contributed by atoms with Gasteiger partial charge in [-0.2, -0.15) is 0 Å². The second-order valence-electron chi connectivity index (χ2n) is 5.77. The molecule has 2 aliphatic rings. The molecule has 1 aliphatic heterocycles. The van der Waals surface area contributed by atoms with Crippen LogP contribution in [0, 0.1) is 17.8 Å². The van der Waals surface area contributed by atoms with Crippen LogP contribution in [0.1, 0.15) is 40.0 Å². The molecule has 4 atom stereocenters. The maximum atomic E-state index is 12.2. The van der Waals surface area contributed by atoms with Crippen LogP contribution < -0.4 is 0 Å². The molecule has 0 spiro atoms. The van der Waals surface area contributed by atoms with Gasteiger partial charge < -0.3 is 5.11 Å². The lowest BCUT2D eigenvalue weighted by molar-refractivity contribution is -0.143. The van der Waals surface area contributed by atoms with Crippen LogP contribution >= 0.6 is 0 Å². The van der Waals surface area contributed by atoms with Gasteiger partial charge in [0.2, 0.25) is 11.8 Å². The van der Waals surface area contributed by atoms with Gasteiger partial charge in [-0.05, 0) is 39.0 Å². The zero-order valence-corrected chi connectivity index (χ0v) is 10.7. The summed E-state index contributed by atoms with van der Waals surface area (Å²) in [4.78, 5) is 25.8. The summed E-state index contributed by atoms with van der Waals surface area (Å²) in [6.45, 7) is 5.62. The molecule has 1 saturated carbocycles. The van der Waals surface area contributed by atoms with E-state index in [1.807, 2.05) is 6.92 Å². The summed E-state index contributed by atoms with van der Waals surface area (Å²) >= 11 is 0. The monoisotopic (exact) mass is 239 g/mol. The fraction of sp³-hybridized carbons (Fsp3) is 0.846. The number of carbonyl (C=O) groups excluding carboxylic acids is 2. The molecule has 0 aromatic heterocycles. The van der Waals surface area contributed by atoms with Crippen molar-refractivity contribution < 1.29 is 14.7 Å². The number of amides is 2. The number of rotatable bonds is 3. The Morgan fingerprint density at radius 1 is 1.24 bits per heavy atom. The Morgan fingerprint density at radius 2 is 1.71 bits per heavy atom. The molecule has 4 heteroatoms. The molecule has 0 aromatic rings. The molecule has 2 fully saturated rings. The standard InChI is InChI=1S/C13H21NO3/c1-7-4-10-11(5-7)13(17)14(12(10)16)8(2)6-9(3)15/h7-11,15H,4-6H2,1-3H3. The molecule has 1 saturated heterocycles. The van der Waals surface area contributed by atoms with Crippen molar-refractivity contribution in [2.24, 2.45) is 17.8 Å². The number of carbonyl (C=O) groups is 2. The quantitative estimate of drug-likeness (QED) is 0.752. The maximum Gasteiger partial charge on any atom is 0.233 e. The van der Waals surface area contributed by atoms with E-state index in [9.17, 15) is 14.7 Å². The van der Waals surface area contributed by atoms with Crippen molar-refractivity contribution in [3.05, 3.63) is 0 Å². The van der Waals surface area contributed by atoms with Crippen LogP contribution in [0.15, 0.2) is 0 Å². The van der Waals surface area contributed by atoms with Gasteiger partial charge in [-0.1, -0.05) is 6.92 Å². The minimum Gasteiger partial charge on any atom is -0.393 e. The average molecular weight is 239 g/mol. The van der Waals surface area contributed by atoms with E-state index in [2.05, 4.69) is 6.92 Å². The van der Waals surface area contributed by atoms with Crippen LogP contribution in [-0.2, 0) is 9.59 Å². The lowest BCUT2D eigenvalue weighted by Crippen LogP contribution is -2.41. The van der Waals surface area contributed by atoms with Crippen molar-refractivity contribution in [3.63, 3.8) is 0 Å². The second-order valence-corrected chi connectivity index (χ2v) is 5.77. The Kier molecular flexibility index (Phi) is 3.25. The molecule has 0 aromatic carbocycles. The van der Waals surface area contributed by atoms with Crippen molar-refractivity contribution in [1.29, 1.82) is 0 Å². The Hall–Kier alpha value is -0.900. The number of fused-ring (bicyclic) bond motifs is 1. The Balaban J connectivity index is 2.11. The molecule has 96 valence electrons. The van der Waals surface area contributed by atoms with E-state index in [-0.39, 0.29) is 29.7 Å². The molecule has 1 N–H and O–H groups in total. The molecule has 17 heavy (non-hydrogen) atoms. The summed E-state index contributed by atoms with van der Waals surface area (Å²) in [5, 5.41) is 9.35. The van der Waals surface area contributed by atoms with E-state index in [4.69, 9.17) is 0 Å². The van der Waals surface area contributed by atoms with E-state index in [1.54, 1.807) is 6.92 Å². The fourth-order valence-corrected chi connectivity index (χ4v) is 3.34. The Morgan fingerprint density at radius 3 is 2.12 bits per heavy atom. The highest BCUT2D eigenvalue weighted by Crippen LogP contribution is 2.43. The number of hydrogen-bond acceptors (Lipinski definition) is 3. The minimum atomic E-state index is -0.482. The zero-order valence-electron chi connectivity index (χ0n) is 10.7. The number of hydrogen-bond donors (Lipinski definition) is 1. The van der Waals surface area contributed by atoms with E-state index in [0.717, 1.165) is 12.8 Å². The SMILES string of the molecule is CC(O)CC(C)N1C(=O)C2CC(C)CC2C1=O. The zero-order chi connectivity index (χ0) is 12.7. The first kappa shape index (κ1) is 12.6. The van der Waals surface area contributed by atoms with Gasteiger partial charge >= 0.3 is 0 Å². The third-order valence-corrected chi connectivity index (χ3v) is 4.03. The second kappa shape index (κ2) is 4.41. The predicted octanol–water partition coefficient (Wildman–Crippen LogP) is 1.18. The van der Waals surface area contributed by atoms with E-state index < -0.39 is 6.10 Å². The minimum absolute atomic E-state index is 0.0162. The van der Waals surface area contributed by atoms with Crippen LogP contribution in [0.25, 0.3) is 0 Å². The number of imide groups is 1. The van der Waals surface area contributed by atoms with E-state index in [1.165, 1.54) is 4.90 Å². The molecule has 0 radical (unpaired) electrons. The summed E-state index contributed by atoms with van der Waals surface area (Å²) in [6, 6.07) is -0.184. The molecule has 2 rings (SSSR count). The summed E-state index contributed by atoms with van der Waals surface area (Å²) in [5.74, 6) is 0.269. The smallest absolute Gasteiger partial charge is 0.233 e. The largest absolute Gasteiger partial charge is 0.393 e. The first-order valence-electron chi connectivity index (χ1n) is 6.46. The van der Waals surface area contributed by atoms with Crippen molar-refractivity contribution in [1.82, 2.24) is 4.90 Å². The van der Waals surface area contributed by atoms with Crippen LogP contribution in [0.4, 0.5) is 0 Å². The van der Waals surface area contributed by atoms with Gasteiger partial charge in [0.15, 0.2) is 0 Å². The third-order valence-electron chi connectivity index (χ3n) is 4.03. The van der Waals surface area contributed by atoms with Gasteiger partial charge in [0, 0.05) is 6.04 Å². The maximum absolute atomic E-state index is 12.2. The molecule has 1 aliphatic carbocycles. The molecule has 4 unspecified atom stereocenters. The average Bonchev–Trinajstić information content (AvgIpc) is 2.67. The van der Waals surface area contributed by atoms with E-state index >= 15 is 0 Å². The van der Waals surface area contributed by atoms with Gasteiger partial charge in [-0.25, -0.2) is 0 Å². The highest BCUT2D eigenvalue weighted by molar-refractivity contribution is 6.05. The van der Waals surface area contributed by atoms with Gasteiger partial charge in [0.25, 0.3) is 0 Å². The third kappa shape index (κ3) is 2.10. The molecular weight excluding hydrogens is 218 g/mol. The van der Waals surface area contributed by atoms with E-state index in [0.29, 0.717) is 12.3 Å². The molecule has 2 amide bonds. The summed E-state index contributed by atoms with van der Waals surface area (Å²) in [6.07, 6.45) is 1.66. The summed E-state index contributed by atoms with van der Waals surface area (Å²) in [5.41, 5.74) is 0. The first-order valence-corrected chi connectivity index (χ1v) is 6.46. The number of likely N-dealkylation sites (tertiary alicyclic amines) is 1. The van der Waals surface area contributed by atoms with Crippen molar-refractivity contribution in [3.8, 4) is 0 Å². The Labute approximate surface area is 102 Å². The van der Waals surface area contributed by atoms with Gasteiger partial charge in [-0.15, -0.1) is 0 Å². The molecular formula is C13H21NO3. The number of aliphatic hydroxyl groups is 1. The van der Waals surface area contributed by atoms with Crippen LogP contribution in [0.5, 0.6) is 0 Å². The first-order chi connectivity index (χ1) is 7.91. The lowest BCUT2D eigenvalue weighted by Gasteiger charge is -2.25. The highest BCUT2D eigenvalue weighted by atomic mass is 16.3. The topological polar surface area (TPSA) is 57.6 Å². The molecule has 4 nitrogen and oxygen atoms in total. The molecule has 0 bridgehead atoms. The molecule has 1 heterocycles. The fourth-order valence-electron chi connectivity index (χ4n) is 3.34. The van der Waals surface area contributed by atoms with Crippen molar-refractivity contribution in [2.75, 3.05) is 0 Å². The van der Waals surface area contributed by atoms with Crippen LogP contribution in [0.3, 0.4) is 0 Å². The highest BCUT2D eigenvalue weighted by Gasteiger charge is 2.52. The van der Waals surface area contributed by atoms with Crippen molar-refractivity contribution in [2.45, 2.75) is 52.2 Å². The van der Waals surface area contributed by atoms with Gasteiger partial charge in [-0.3, -0.25) is 14.5 Å². The Bertz CT molecular complexity index is 316. The normalized spacial score (nSPS) is 36.2. The summed E-state index contributed by atoms with van der Waals surface area (Å²) < 4.78 is 0.